The summed E-state index contributed by atoms with van der Waals surface area (Å²) < 4.78 is 0. The number of aromatic hydroxyl groups is 2. The molecule has 1 heterocycles. The first kappa shape index (κ1) is 13.1. The van der Waals surface area contributed by atoms with E-state index >= 15 is 0 Å². The van der Waals surface area contributed by atoms with E-state index < -0.39 is 0 Å². The maximum atomic E-state index is 10.7. The lowest BCUT2D eigenvalue weighted by atomic mass is 10.1. The van der Waals surface area contributed by atoms with E-state index in [1.165, 1.54) is 42.7 Å². The van der Waals surface area contributed by atoms with Crippen LogP contribution in [-0.2, 0) is 4.79 Å². The quantitative estimate of drug-likeness (QED) is 0.748. The van der Waals surface area contributed by atoms with Crippen LogP contribution in [0.2, 0.25) is 0 Å². The molecular formula is C13H12N2O3S. The fourth-order valence-electron chi connectivity index (χ4n) is 1.43. The Balaban J connectivity index is 2.18. The van der Waals surface area contributed by atoms with Crippen molar-refractivity contribution in [2.75, 3.05) is 5.32 Å². The molecule has 0 aliphatic heterocycles. The van der Waals surface area contributed by atoms with E-state index in [-0.39, 0.29) is 17.3 Å². The van der Waals surface area contributed by atoms with Crippen LogP contribution < -0.4 is 5.32 Å². The molecule has 0 fully saturated rings. The van der Waals surface area contributed by atoms with Crippen LogP contribution in [0.5, 0.6) is 11.5 Å². The fourth-order valence-corrected chi connectivity index (χ4v) is 2.12. The molecule has 0 spiro atoms. The number of phenols is 2. The van der Waals surface area contributed by atoms with Crippen molar-refractivity contribution in [2.45, 2.75) is 6.92 Å². The number of anilines is 1. The Kier molecular flexibility index (Phi) is 3.82. The molecule has 2 rings (SSSR count). The number of hydrogen-bond donors (Lipinski definition) is 3. The van der Waals surface area contributed by atoms with Gasteiger partial charge in [0, 0.05) is 23.2 Å². The first-order chi connectivity index (χ1) is 9.06. The van der Waals surface area contributed by atoms with E-state index in [4.69, 9.17) is 0 Å². The second kappa shape index (κ2) is 5.53. The minimum absolute atomic E-state index is 0.000723. The van der Waals surface area contributed by atoms with Crippen molar-refractivity contribution in [1.29, 1.82) is 0 Å². The van der Waals surface area contributed by atoms with Crippen LogP contribution in [-0.4, -0.2) is 21.0 Å². The van der Waals surface area contributed by atoms with Crippen molar-refractivity contribution in [3.63, 3.8) is 0 Å². The summed E-state index contributed by atoms with van der Waals surface area (Å²) in [5.74, 6) is -0.0872. The minimum Gasteiger partial charge on any atom is -0.508 e. The molecule has 98 valence electrons. The SMILES string of the molecule is CC(=O)/C=C/Nc1nc(-c2ccc(O)cc2O)cs1. The Hall–Kier alpha value is -2.34. The molecule has 0 atom stereocenters. The van der Waals surface area contributed by atoms with Gasteiger partial charge in [-0.3, -0.25) is 4.79 Å². The summed E-state index contributed by atoms with van der Waals surface area (Å²) in [7, 11) is 0. The lowest BCUT2D eigenvalue weighted by molar-refractivity contribution is -0.112. The average Bonchev–Trinajstić information content (AvgIpc) is 2.77. The number of carbonyl (C=O) groups excluding carboxylic acids is 1. The predicted octanol–water partition coefficient (Wildman–Crippen LogP) is 2.74. The number of phenolic OH excluding ortho intramolecular Hbond substituents is 2. The molecule has 1 aromatic heterocycles. The third-order valence-electron chi connectivity index (χ3n) is 2.29. The molecule has 0 aliphatic rings. The zero-order chi connectivity index (χ0) is 13.8. The molecule has 0 amide bonds. The van der Waals surface area contributed by atoms with Crippen molar-refractivity contribution < 1.29 is 15.0 Å². The van der Waals surface area contributed by atoms with E-state index in [2.05, 4.69) is 10.3 Å². The number of ketones is 1. The number of allylic oxidation sites excluding steroid dienone is 1. The van der Waals surface area contributed by atoms with Crippen molar-refractivity contribution in [3.05, 3.63) is 35.9 Å². The number of nitrogens with one attached hydrogen (secondary N) is 1. The van der Waals surface area contributed by atoms with E-state index in [0.29, 0.717) is 16.4 Å². The van der Waals surface area contributed by atoms with Crippen LogP contribution in [0.4, 0.5) is 5.13 Å². The molecule has 19 heavy (non-hydrogen) atoms. The van der Waals surface area contributed by atoms with Gasteiger partial charge in [-0.05, 0) is 25.1 Å². The third-order valence-corrected chi connectivity index (χ3v) is 3.06. The number of thiazole rings is 1. The lowest BCUT2D eigenvalue weighted by Crippen LogP contribution is -1.89. The lowest BCUT2D eigenvalue weighted by Gasteiger charge is -2.01. The molecule has 0 unspecified atom stereocenters. The molecule has 0 aliphatic carbocycles. The summed E-state index contributed by atoms with van der Waals surface area (Å²) in [6.07, 6.45) is 2.92. The van der Waals surface area contributed by atoms with E-state index in [0.717, 1.165) is 0 Å². The topological polar surface area (TPSA) is 82.5 Å². The molecule has 5 nitrogen and oxygen atoms in total. The Morgan fingerprint density at radius 1 is 1.42 bits per heavy atom. The molecule has 0 bridgehead atoms. The predicted molar refractivity (Wildman–Crippen MR) is 74.3 cm³/mol. The van der Waals surface area contributed by atoms with Crippen LogP contribution in [0.1, 0.15) is 6.92 Å². The number of hydrogen-bond acceptors (Lipinski definition) is 6. The van der Waals surface area contributed by atoms with Gasteiger partial charge in [0.25, 0.3) is 0 Å². The van der Waals surface area contributed by atoms with Crippen molar-refractivity contribution >= 4 is 22.3 Å². The van der Waals surface area contributed by atoms with Crippen molar-refractivity contribution in [1.82, 2.24) is 4.98 Å². The Morgan fingerprint density at radius 3 is 2.89 bits per heavy atom. The first-order valence-electron chi connectivity index (χ1n) is 5.48. The third kappa shape index (κ3) is 3.32. The zero-order valence-corrected chi connectivity index (χ0v) is 10.9. The van der Waals surface area contributed by atoms with Gasteiger partial charge in [0.05, 0.1) is 5.69 Å². The summed E-state index contributed by atoms with van der Waals surface area (Å²) in [5.41, 5.74) is 1.14. The summed E-state index contributed by atoms with van der Waals surface area (Å²) in [6.45, 7) is 1.46. The summed E-state index contributed by atoms with van der Waals surface area (Å²) in [4.78, 5) is 15.0. The maximum absolute atomic E-state index is 10.7. The standard InChI is InChI=1S/C13H12N2O3S/c1-8(16)4-5-14-13-15-11(7-19-13)10-3-2-9(17)6-12(10)18/h2-7,17-18H,1H3,(H,14,15)/b5-4+. The Labute approximate surface area is 113 Å². The highest BCUT2D eigenvalue weighted by Crippen LogP contribution is 2.33. The number of nitrogens with zero attached hydrogens (tertiary/aromatic N) is 1. The van der Waals surface area contributed by atoms with Gasteiger partial charge in [0.1, 0.15) is 11.5 Å². The monoisotopic (exact) mass is 276 g/mol. The van der Waals surface area contributed by atoms with Gasteiger partial charge < -0.3 is 15.5 Å². The van der Waals surface area contributed by atoms with Crippen LogP contribution in [0, 0.1) is 0 Å². The molecule has 0 radical (unpaired) electrons. The van der Waals surface area contributed by atoms with Gasteiger partial charge in [0.2, 0.25) is 0 Å². The highest BCUT2D eigenvalue weighted by Gasteiger charge is 2.09. The molecule has 6 heteroatoms. The van der Waals surface area contributed by atoms with Crippen LogP contribution in [0.15, 0.2) is 35.9 Å². The number of carbonyl (C=O) groups is 1. The highest BCUT2D eigenvalue weighted by molar-refractivity contribution is 7.14. The highest BCUT2D eigenvalue weighted by atomic mass is 32.1. The second-order valence-corrected chi connectivity index (χ2v) is 4.69. The Bertz CT molecular complexity index is 635. The molecule has 0 saturated heterocycles. The number of aromatic nitrogens is 1. The largest absolute Gasteiger partial charge is 0.508 e. The first-order valence-corrected chi connectivity index (χ1v) is 6.36. The number of benzene rings is 1. The Morgan fingerprint density at radius 2 is 2.21 bits per heavy atom. The van der Waals surface area contributed by atoms with Gasteiger partial charge >= 0.3 is 0 Å². The zero-order valence-electron chi connectivity index (χ0n) is 10.1. The van der Waals surface area contributed by atoms with Gasteiger partial charge in [-0.2, -0.15) is 0 Å². The smallest absolute Gasteiger partial charge is 0.187 e. The number of rotatable bonds is 4. The normalized spacial score (nSPS) is 10.8. The fraction of sp³-hybridized carbons (Fsp3) is 0.0769. The molecule has 1 aromatic carbocycles. The summed E-state index contributed by atoms with van der Waals surface area (Å²) in [5, 5.41) is 24.2. The van der Waals surface area contributed by atoms with Gasteiger partial charge in [-0.15, -0.1) is 11.3 Å². The summed E-state index contributed by atoms with van der Waals surface area (Å²) >= 11 is 1.35. The van der Waals surface area contributed by atoms with Crippen molar-refractivity contribution in [3.8, 4) is 22.8 Å². The maximum Gasteiger partial charge on any atom is 0.187 e. The van der Waals surface area contributed by atoms with Gasteiger partial charge in [-0.25, -0.2) is 4.98 Å². The summed E-state index contributed by atoms with van der Waals surface area (Å²) in [6, 6.07) is 4.34. The second-order valence-electron chi connectivity index (χ2n) is 3.83. The van der Waals surface area contributed by atoms with Crippen LogP contribution >= 0.6 is 11.3 Å². The van der Waals surface area contributed by atoms with E-state index in [1.54, 1.807) is 11.4 Å². The molecule has 0 saturated carbocycles. The van der Waals surface area contributed by atoms with Gasteiger partial charge in [0.15, 0.2) is 10.9 Å². The van der Waals surface area contributed by atoms with E-state index in [9.17, 15) is 15.0 Å². The van der Waals surface area contributed by atoms with Gasteiger partial charge in [-0.1, -0.05) is 0 Å². The average molecular weight is 276 g/mol. The minimum atomic E-state index is -0.0551. The molecule has 3 N–H and O–H groups in total. The van der Waals surface area contributed by atoms with Crippen LogP contribution in [0.3, 0.4) is 0 Å². The molecular weight excluding hydrogens is 264 g/mol. The van der Waals surface area contributed by atoms with Crippen LogP contribution in [0.25, 0.3) is 11.3 Å². The van der Waals surface area contributed by atoms with Crippen molar-refractivity contribution in [2.24, 2.45) is 0 Å². The molecule has 2 aromatic rings. The van der Waals surface area contributed by atoms with E-state index in [1.807, 2.05) is 0 Å².